The van der Waals surface area contributed by atoms with Crippen molar-refractivity contribution in [3.05, 3.63) is 42.0 Å². The summed E-state index contributed by atoms with van der Waals surface area (Å²) in [6.45, 7) is 0. The number of nitrogens with two attached hydrogens (primary N) is 1. The molecule has 0 saturated heterocycles. The van der Waals surface area contributed by atoms with Crippen LogP contribution >= 0.6 is 0 Å². The van der Waals surface area contributed by atoms with Crippen LogP contribution in [0.25, 0.3) is 10.8 Å². The highest BCUT2D eigenvalue weighted by molar-refractivity contribution is 5.85. The van der Waals surface area contributed by atoms with Gasteiger partial charge in [-0.1, -0.05) is 18.2 Å². The summed E-state index contributed by atoms with van der Waals surface area (Å²) in [7, 11) is 0. The molecule has 0 aliphatic rings. The summed E-state index contributed by atoms with van der Waals surface area (Å²) in [5, 5.41) is 30.1. The monoisotopic (exact) mass is 247 g/mol. The average molecular weight is 247 g/mol. The lowest BCUT2D eigenvalue weighted by Crippen LogP contribution is -2.33. The maximum Gasteiger partial charge on any atom is 0.249 e. The Morgan fingerprint density at radius 3 is 2.33 bits per heavy atom. The molecule has 1 amide bonds. The fourth-order valence-electron chi connectivity index (χ4n) is 1.77. The minimum atomic E-state index is -1.64. The third kappa shape index (κ3) is 2.27. The molecule has 0 aliphatic heterocycles. The van der Waals surface area contributed by atoms with Crippen molar-refractivity contribution in [2.75, 3.05) is 0 Å². The molecule has 5 heteroatoms. The van der Waals surface area contributed by atoms with Gasteiger partial charge in [-0.2, -0.15) is 0 Å². The Morgan fingerprint density at radius 2 is 1.67 bits per heavy atom. The van der Waals surface area contributed by atoms with Crippen molar-refractivity contribution in [2.45, 2.75) is 12.2 Å². The van der Waals surface area contributed by atoms with Gasteiger partial charge < -0.3 is 21.1 Å². The van der Waals surface area contributed by atoms with Gasteiger partial charge in [0.1, 0.15) is 11.9 Å². The molecule has 0 aromatic heterocycles. The number of aliphatic hydroxyl groups excluding tert-OH is 2. The van der Waals surface area contributed by atoms with E-state index in [2.05, 4.69) is 0 Å². The normalized spacial score (nSPS) is 14.3. The lowest BCUT2D eigenvalue weighted by atomic mass is 10.00. The zero-order valence-electron chi connectivity index (χ0n) is 9.45. The highest BCUT2D eigenvalue weighted by atomic mass is 16.3. The molecule has 0 spiro atoms. The summed E-state index contributed by atoms with van der Waals surface area (Å²) in [5.41, 5.74) is 5.31. The van der Waals surface area contributed by atoms with E-state index in [9.17, 15) is 20.1 Å². The Kier molecular flexibility index (Phi) is 3.18. The first-order valence-corrected chi connectivity index (χ1v) is 5.37. The van der Waals surface area contributed by atoms with Crippen molar-refractivity contribution in [2.24, 2.45) is 5.73 Å². The Balaban J connectivity index is 2.41. The van der Waals surface area contributed by atoms with Gasteiger partial charge in [0.05, 0.1) is 0 Å². The number of amides is 1. The predicted molar refractivity (Wildman–Crippen MR) is 65.8 cm³/mol. The Labute approximate surface area is 103 Å². The van der Waals surface area contributed by atoms with E-state index < -0.39 is 18.1 Å². The molecular formula is C13H13NO4. The van der Waals surface area contributed by atoms with Crippen LogP contribution in [0.15, 0.2) is 36.4 Å². The number of rotatable bonds is 3. The van der Waals surface area contributed by atoms with E-state index in [-0.39, 0.29) is 5.75 Å². The van der Waals surface area contributed by atoms with Crippen LogP contribution in [0.4, 0.5) is 0 Å². The molecule has 2 unspecified atom stereocenters. The fraction of sp³-hybridized carbons (Fsp3) is 0.154. The summed E-state index contributed by atoms with van der Waals surface area (Å²) in [6, 6.07) is 9.65. The van der Waals surface area contributed by atoms with Gasteiger partial charge in [0.15, 0.2) is 6.10 Å². The fourth-order valence-corrected chi connectivity index (χ4v) is 1.77. The highest BCUT2D eigenvalue weighted by Crippen LogP contribution is 2.25. The standard InChI is InChI=1S/C13H13NO4/c14-13(18)12(17)11(16)9-2-1-8-6-10(15)4-3-7(8)5-9/h1-6,11-12,15-17H,(H2,14,18). The van der Waals surface area contributed by atoms with E-state index in [0.717, 1.165) is 10.8 Å². The van der Waals surface area contributed by atoms with Crippen molar-refractivity contribution in [3.8, 4) is 5.75 Å². The molecule has 0 radical (unpaired) electrons. The lowest BCUT2D eigenvalue weighted by Gasteiger charge is -2.15. The van der Waals surface area contributed by atoms with E-state index in [1.807, 2.05) is 0 Å². The van der Waals surface area contributed by atoms with E-state index in [1.165, 1.54) is 6.07 Å². The zero-order chi connectivity index (χ0) is 13.3. The average Bonchev–Trinajstić information content (AvgIpc) is 2.36. The zero-order valence-corrected chi connectivity index (χ0v) is 9.45. The number of phenols is 1. The SMILES string of the molecule is NC(=O)C(O)C(O)c1ccc2cc(O)ccc2c1. The molecule has 0 bridgehead atoms. The number of hydrogen-bond donors (Lipinski definition) is 4. The van der Waals surface area contributed by atoms with Crippen molar-refractivity contribution in [3.63, 3.8) is 0 Å². The van der Waals surface area contributed by atoms with Gasteiger partial charge in [0, 0.05) is 0 Å². The van der Waals surface area contributed by atoms with E-state index >= 15 is 0 Å². The molecule has 2 aromatic carbocycles. The van der Waals surface area contributed by atoms with E-state index in [0.29, 0.717) is 5.56 Å². The number of carbonyl (C=O) groups is 1. The summed E-state index contributed by atoms with van der Waals surface area (Å²) in [6.07, 6.45) is -3.00. The van der Waals surface area contributed by atoms with Gasteiger partial charge >= 0.3 is 0 Å². The van der Waals surface area contributed by atoms with Gasteiger partial charge in [-0.3, -0.25) is 4.79 Å². The number of phenolic OH excluding ortho intramolecular Hbond substituents is 1. The van der Waals surface area contributed by atoms with E-state index in [1.54, 1.807) is 30.3 Å². The third-order valence-corrected chi connectivity index (χ3v) is 2.78. The Bertz CT molecular complexity index is 597. The largest absolute Gasteiger partial charge is 0.508 e. The van der Waals surface area contributed by atoms with Crippen molar-refractivity contribution < 1.29 is 20.1 Å². The van der Waals surface area contributed by atoms with Crippen LogP contribution in [0.3, 0.4) is 0 Å². The number of benzene rings is 2. The van der Waals surface area contributed by atoms with Crippen molar-refractivity contribution in [1.29, 1.82) is 0 Å². The molecule has 5 N–H and O–H groups in total. The van der Waals surface area contributed by atoms with Crippen LogP contribution in [0, 0.1) is 0 Å². The molecule has 0 fully saturated rings. The smallest absolute Gasteiger partial charge is 0.249 e. The molecule has 0 aliphatic carbocycles. The predicted octanol–water partition coefficient (Wildman–Crippen LogP) is 0.425. The maximum absolute atomic E-state index is 10.8. The van der Waals surface area contributed by atoms with Crippen LogP contribution in [-0.4, -0.2) is 27.3 Å². The molecule has 2 aromatic rings. The van der Waals surface area contributed by atoms with Crippen LogP contribution in [0.5, 0.6) is 5.75 Å². The van der Waals surface area contributed by atoms with Gasteiger partial charge in [0.25, 0.3) is 0 Å². The van der Waals surface area contributed by atoms with Crippen LogP contribution in [0.2, 0.25) is 0 Å². The first-order valence-electron chi connectivity index (χ1n) is 5.37. The molecular weight excluding hydrogens is 234 g/mol. The minimum absolute atomic E-state index is 0.146. The van der Waals surface area contributed by atoms with Crippen LogP contribution in [-0.2, 0) is 4.79 Å². The van der Waals surface area contributed by atoms with Crippen LogP contribution in [0.1, 0.15) is 11.7 Å². The minimum Gasteiger partial charge on any atom is -0.508 e. The van der Waals surface area contributed by atoms with Crippen molar-refractivity contribution >= 4 is 16.7 Å². The molecule has 94 valence electrons. The number of primary amides is 1. The van der Waals surface area contributed by atoms with Gasteiger partial charge in [-0.05, 0) is 34.5 Å². The second kappa shape index (κ2) is 4.64. The van der Waals surface area contributed by atoms with Gasteiger partial charge in [-0.15, -0.1) is 0 Å². The maximum atomic E-state index is 10.8. The summed E-state index contributed by atoms with van der Waals surface area (Å²) < 4.78 is 0. The Morgan fingerprint density at radius 1 is 1.06 bits per heavy atom. The second-order valence-corrected chi connectivity index (χ2v) is 4.08. The summed E-state index contributed by atoms with van der Waals surface area (Å²) in [4.78, 5) is 10.8. The second-order valence-electron chi connectivity index (χ2n) is 4.08. The van der Waals surface area contributed by atoms with E-state index in [4.69, 9.17) is 5.73 Å². The lowest BCUT2D eigenvalue weighted by molar-refractivity contribution is -0.131. The summed E-state index contributed by atoms with van der Waals surface area (Å²) >= 11 is 0. The van der Waals surface area contributed by atoms with Crippen molar-refractivity contribution in [1.82, 2.24) is 0 Å². The third-order valence-electron chi connectivity index (χ3n) is 2.78. The molecule has 0 saturated carbocycles. The van der Waals surface area contributed by atoms with Crippen LogP contribution < -0.4 is 5.73 Å². The molecule has 5 nitrogen and oxygen atoms in total. The molecule has 2 atom stereocenters. The molecule has 0 heterocycles. The van der Waals surface area contributed by atoms with Gasteiger partial charge in [0.2, 0.25) is 5.91 Å². The number of carbonyl (C=O) groups excluding carboxylic acids is 1. The Hall–Kier alpha value is -2.11. The number of aliphatic hydroxyl groups is 2. The quantitative estimate of drug-likeness (QED) is 0.631. The molecule has 18 heavy (non-hydrogen) atoms. The number of aromatic hydroxyl groups is 1. The highest BCUT2D eigenvalue weighted by Gasteiger charge is 2.23. The topological polar surface area (TPSA) is 104 Å². The first-order chi connectivity index (χ1) is 8.49. The van der Waals surface area contributed by atoms with Gasteiger partial charge in [-0.25, -0.2) is 0 Å². The molecule has 2 rings (SSSR count). The summed E-state index contributed by atoms with van der Waals surface area (Å²) in [5.74, 6) is -0.832. The number of fused-ring (bicyclic) bond motifs is 1. The first kappa shape index (κ1) is 12.3. The number of hydrogen-bond acceptors (Lipinski definition) is 4.